The van der Waals surface area contributed by atoms with E-state index in [0.29, 0.717) is 11.3 Å². The van der Waals surface area contributed by atoms with Gasteiger partial charge in [0.25, 0.3) is 5.91 Å². The van der Waals surface area contributed by atoms with Gasteiger partial charge in [0.1, 0.15) is 0 Å². The fourth-order valence-electron chi connectivity index (χ4n) is 2.95. The van der Waals surface area contributed by atoms with E-state index in [-0.39, 0.29) is 16.9 Å². The van der Waals surface area contributed by atoms with Crippen LogP contribution in [0.2, 0.25) is 0 Å². The molecule has 0 aliphatic carbocycles. The zero-order valence-corrected chi connectivity index (χ0v) is 16.2. The standard InChI is InChI=1S/C24H23NO3/c1-24(2,3)20-11-9-17(10-12-20)22(26)25-21-14-18(13-19(15-21)23(27)28)16-7-5-4-6-8-16/h4-15H,1-3H3,(H,25,26)(H,27,28). The number of carbonyl (C=O) groups excluding carboxylic acids is 1. The van der Waals surface area contributed by atoms with Crippen molar-refractivity contribution in [1.82, 2.24) is 0 Å². The molecular weight excluding hydrogens is 350 g/mol. The lowest BCUT2D eigenvalue weighted by Gasteiger charge is -2.19. The highest BCUT2D eigenvalue weighted by Gasteiger charge is 2.15. The van der Waals surface area contributed by atoms with Crippen LogP contribution in [0.15, 0.2) is 72.8 Å². The van der Waals surface area contributed by atoms with Gasteiger partial charge in [-0.15, -0.1) is 0 Å². The Kier molecular flexibility index (Phi) is 5.32. The molecule has 0 atom stereocenters. The molecule has 3 aromatic rings. The lowest BCUT2D eigenvalue weighted by Crippen LogP contribution is -2.14. The first-order valence-electron chi connectivity index (χ1n) is 9.10. The van der Waals surface area contributed by atoms with E-state index in [1.807, 2.05) is 42.5 Å². The highest BCUT2D eigenvalue weighted by Crippen LogP contribution is 2.26. The van der Waals surface area contributed by atoms with E-state index in [4.69, 9.17) is 0 Å². The third-order valence-corrected chi connectivity index (χ3v) is 4.56. The summed E-state index contributed by atoms with van der Waals surface area (Å²) in [6.07, 6.45) is 0. The van der Waals surface area contributed by atoms with Crippen LogP contribution >= 0.6 is 0 Å². The van der Waals surface area contributed by atoms with Gasteiger partial charge in [-0.05, 0) is 52.4 Å². The summed E-state index contributed by atoms with van der Waals surface area (Å²) in [6, 6.07) is 21.8. The van der Waals surface area contributed by atoms with Gasteiger partial charge < -0.3 is 10.4 Å². The van der Waals surface area contributed by atoms with Crippen molar-refractivity contribution in [3.8, 4) is 11.1 Å². The SMILES string of the molecule is CC(C)(C)c1ccc(C(=O)Nc2cc(C(=O)O)cc(-c3ccccc3)c2)cc1. The molecule has 3 rings (SSSR count). The molecule has 0 heterocycles. The number of hydrogen-bond acceptors (Lipinski definition) is 2. The minimum atomic E-state index is -1.04. The van der Waals surface area contributed by atoms with Crippen LogP contribution in [0.4, 0.5) is 5.69 Å². The number of benzene rings is 3. The smallest absolute Gasteiger partial charge is 0.335 e. The second-order valence-corrected chi connectivity index (χ2v) is 7.75. The van der Waals surface area contributed by atoms with Crippen LogP contribution in [-0.4, -0.2) is 17.0 Å². The number of amides is 1. The van der Waals surface area contributed by atoms with Gasteiger partial charge in [0, 0.05) is 11.3 Å². The number of nitrogens with one attached hydrogen (secondary N) is 1. The first kappa shape index (κ1) is 19.4. The van der Waals surface area contributed by atoms with Crippen molar-refractivity contribution in [2.45, 2.75) is 26.2 Å². The molecule has 28 heavy (non-hydrogen) atoms. The third-order valence-electron chi connectivity index (χ3n) is 4.56. The molecule has 0 aromatic heterocycles. The van der Waals surface area contributed by atoms with Gasteiger partial charge in [0.15, 0.2) is 0 Å². The maximum atomic E-state index is 12.6. The van der Waals surface area contributed by atoms with Crippen molar-refractivity contribution in [2.75, 3.05) is 5.32 Å². The first-order chi connectivity index (χ1) is 13.2. The monoisotopic (exact) mass is 373 g/mol. The minimum absolute atomic E-state index is 0.00934. The fourth-order valence-corrected chi connectivity index (χ4v) is 2.95. The molecule has 0 bridgehead atoms. The number of hydrogen-bond donors (Lipinski definition) is 2. The normalized spacial score (nSPS) is 11.1. The molecule has 0 unspecified atom stereocenters. The van der Waals surface area contributed by atoms with Gasteiger partial charge in [-0.1, -0.05) is 63.2 Å². The Hall–Kier alpha value is -3.40. The third kappa shape index (κ3) is 4.46. The summed E-state index contributed by atoms with van der Waals surface area (Å²) >= 11 is 0. The maximum Gasteiger partial charge on any atom is 0.335 e. The first-order valence-corrected chi connectivity index (χ1v) is 9.10. The molecule has 3 aromatic carbocycles. The largest absolute Gasteiger partial charge is 0.478 e. The van der Waals surface area contributed by atoms with Crippen molar-refractivity contribution in [3.63, 3.8) is 0 Å². The van der Waals surface area contributed by atoms with Crippen molar-refractivity contribution >= 4 is 17.6 Å². The molecule has 0 aliphatic heterocycles. The number of carboxylic acid groups (broad SMARTS) is 1. The van der Waals surface area contributed by atoms with Gasteiger partial charge in [-0.3, -0.25) is 4.79 Å². The van der Waals surface area contributed by atoms with E-state index in [9.17, 15) is 14.7 Å². The van der Waals surface area contributed by atoms with Crippen LogP contribution in [0.1, 0.15) is 47.1 Å². The molecule has 1 amide bonds. The Morgan fingerprint density at radius 1 is 0.786 bits per heavy atom. The Morgan fingerprint density at radius 3 is 2.00 bits per heavy atom. The summed E-state index contributed by atoms with van der Waals surface area (Å²) in [7, 11) is 0. The number of anilines is 1. The predicted octanol–water partition coefficient (Wildman–Crippen LogP) is 5.60. The van der Waals surface area contributed by atoms with Crippen LogP contribution in [-0.2, 0) is 5.41 Å². The summed E-state index contributed by atoms with van der Waals surface area (Å²) in [5, 5.41) is 12.2. The van der Waals surface area contributed by atoms with E-state index < -0.39 is 5.97 Å². The molecule has 4 heteroatoms. The number of carboxylic acids is 1. The predicted molar refractivity (Wildman–Crippen MR) is 112 cm³/mol. The molecule has 142 valence electrons. The highest BCUT2D eigenvalue weighted by atomic mass is 16.4. The van der Waals surface area contributed by atoms with Crippen molar-refractivity contribution in [3.05, 3.63) is 89.5 Å². The van der Waals surface area contributed by atoms with E-state index >= 15 is 0 Å². The summed E-state index contributed by atoms with van der Waals surface area (Å²) in [4.78, 5) is 24.2. The molecular formula is C24H23NO3. The lowest BCUT2D eigenvalue weighted by atomic mass is 9.86. The quantitative estimate of drug-likeness (QED) is 0.625. The lowest BCUT2D eigenvalue weighted by molar-refractivity contribution is 0.0696. The van der Waals surface area contributed by atoms with Crippen LogP contribution in [0.25, 0.3) is 11.1 Å². The van der Waals surface area contributed by atoms with Crippen molar-refractivity contribution < 1.29 is 14.7 Å². The average Bonchev–Trinajstić information content (AvgIpc) is 2.68. The van der Waals surface area contributed by atoms with Gasteiger partial charge in [0.05, 0.1) is 5.56 Å². The number of aromatic carboxylic acids is 1. The molecule has 4 nitrogen and oxygen atoms in total. The maximum absolute atomic E-state index is 12.6. The van der Waals surface area contributed by atoms with Crippen molar-refractivity contribution in [2.24, 2.45) is 0 Å². The van der Waals surface area contributed by atoms with Crippen LogP contribution in [0.5, 0.6) is 0 Å². The summed E-state index contributed by atoms with van der Waals surface area (Å²) in [5.74, 6) is -1.31. The van der Waals surface area contributed by atoms with E-state index in [1.165, 1.54) is 6.07 Å². The zero-order chi connectivity index (χ0) is 20.3. The van der Waals surface area contributed by atoms with Gasteiger partial charge in [0.2, 0.25) is 0 Å². The fraction of sp³-hybridized carbons (Fsp3) is 0.167. The Bertz CT molecular complexity index is 1000. The number of carbonyl (C=O) groups is 2. The zero-order valence-electron chi connectivity index (χ0n) is 16.2. The molecule has 0 fully saturated rings. The topological polar surface area (TPSA) is 66.4 Å². The van der Waals surface area contributed by atoms with Gasteiger partial charge >= 0.3 is 5.97 Å². The van der Waals surface area contributed by atoms with E-state index in [0.717, 1.165) is 16.7 Å². The minimum Gasteiger partial charge on any atom is -0.478 e. The molecule has 0 radical (unpaired) electrons. The molecule has 0 spiro atoms. The van der Waals surface area contributed by atoms with Crippen LogP contribution in [0.3, 0.4) is 0 Å². The van der Waals surface area contributed by atoms with Crippen LogP contribution in [0, 0.1) is 0 Å². The molecule has 0 aliphatic rings. The molecule has 0 saturated carbocycles. The van der Waals surface area contributed by atoms with Gasteiger partial charge in [-0.25, -0.2) is 4.79 Å². The molecule has 2 N–H and O–H groups in total. The van der Waals surface area contributed by atoms with Gasteiger partial charge in [-0.2, -0.15) is 0 Å². The summed E-state index contributed by atoms with van der Waals surface area (Å²) in [5.41, 5.74) is 3.87. The second kappa shape index (κ2) is 7.69. The van der Waals surface area contributed by atoms with Crippen molar-refractivity contribution in [1.29, 1.82) is 0 Å². The average molecular weight is 373 g/mol. The Morgan fingerprint density at radius 2 is 1.43 bits per heavy atom. The van der Waals surface area contributed by atoms with E-state index in [2.05, 4.69) is 26.1 Å². The summed E-state index contributed by atoms with van der Waals surface area (Å²) < 4.78 is 0. The number of rotatable bonds is 4. The Labute approximate surface area is 164 Å². The highest BCUT2D eigenvalue weighted by molar-refractivity contribution is 6.05. The molecule has 0 saturated heterocycles. The Balaban J connectivity index is 1.90. The van der Waals surface area contributed by atoms with Crippen LogP contribution < -0.4 is 5.32 Å². The second-order valence-electron chi connectivity index (χ2n) is 7.75. The van der Waals surface area contributed by atoms with E-state index in [1.54, 1.807) is 24.3 Å². The summed E-state index contributed by atoms with van der Waals surface area (Å²) in [6.45, 7) is 6.35.